The first-order chi connectivity index (χ1) is 8.50. The summed E-state index contributed by atoms with van der Waals surface area (Å²) in [6, 6.07) is 4.54. The number of primary amides is 1. The van der Waals surface area contributed by atoms with E-state index in [9.17, 15) is 14.9 Å². The van der Waals surface area contributed by atoms with Crippen molar-refractivity contribution in [2.45, 2.75) is 0 Å². The van der Waals surface area contributed by atoms with E-state index in [1.807, 2.05) is 22.6 Å². The largest absolute Gasteiger partial charge is 0.382 e. The van der Waals surface area contributed by atoms with Gasteiger partial charge in [-0.25, -0.2) is 0 Å². The van der Waals surface area contributed by atoms with Crippen molar-refractivity contribution in [3.05, 3.63) is 31.9 Å². The van der Waals surface area contributed by atoms with Crippen LogP contribution >= 0.6 is 22.6 Å². The first-order valence-corrected chi connectivity index (χ1v) is 6.12. The second-order valence-corrected chi connectivity index (χ2v) is 4.53. The molecule has 0 radical (unpaired) electrons. The summed E-state index contributed by atoms with van der Waals surface area (Å²) in [5.74, 6) is -0.514. The number of anilines is 1. The first kappa shape index (κ1) is 14.6. The molecule has 0 aliphatic rings. The van der Waals surface area contributed by atoms with Crippen molar-refractivity contribution >= 4 is 39.9 Å². The maximum Gasteiger partial charge on any atom is 0.270 e. The normalized spacial score (nSPS) is 10.1. The van der Waals surface area contributed by atoms with Crippen molar-refractivity contribution in [2.75, 3.05) is 25.1 Å². The van der Waals surface area contributed by atoms with E-state index in [4.69, 9.17) is 10.5 Å². The number of rotatable bonds is 7. The summed E-state index contributed by atoms with van der Waals surface area (Å²) < 4.78 is 5.72. The fraction of sp³-hybridized carbons (Fsp3) is 0.300. The van der Waals surface area contributed by atoms with Crippen molar-refractivity contribution < 1.29 is 14.5 Å². The minimum atomic E-state index is -0.514. The Balaban J connectivity index is 2.43. The summed E-state index contributed by atoms with van der Waals surface area (Å²) in [6.07, 6.45) is 0. The Morgan fingerprint density at radius 1 is 1.56 bits per heavy atom. The molecule has 98 valence electrons. The molecule has 0 fully saturated rings. The van der Waals surface area contributed by atoms with Gasteiger partial charge in [-0.2, -0.15) is 0 Å². The third kappa shape index (κ3) is 4.84. The van der Waals surface area contributed by atoms with E-state index in [0.717, 1.165) is 9.26 Å². The number of benzene rings is 1. The van der Waals surface area contributed by atoms with Gasteiger partial charge in [0.1, 0.15) is 6.61 Å². The van der Waals surface area contributed by atoms with Crippen LogP contribution in [0.25, 0.3) is 0 Å². The molecular formula is C10H12IN3O4. The number of hydrogen-bond donors (Lipinski definition) is 2. The molecule has 0 saturated heterocycles. The molecule has 1 aromatic carbocycles. The smallest absolute Gasteiger partial charge is 0.270 e. The monoisotopic (exact) mass is 365 g/mol. The van der Waals surface area contributed by atoms with Gasteiger partial charge in [0.15, 0.2) is 0 Å². The zero-order chi connectivity index (χ0) is 13.5. The Hall–Kier alpha value is -1.42. The lowest BCUT2D eigenvalue weighted by molar-refractivity contribution is -0.384. The van der Waals surface area contributed by atoms with E-state index < -0.39 is 10.8 Å². The highest BCUT2D eigenvalue weighted by Gasteiger charge is 2.08. The summed E-state index contributed by atoms with van der Waals surface area (Å²) in [5, 5.41) is 13.6. The maximum atomic E-state index is 10.5. The molecule has 1 amide bonds. The Bertz CT molecular complexity index is 453. The first-order valence-electron chi connectivity index (χ1n) is 5.04. The molecular weight excluding hydrogens is 353 g/mol. The molecule has 0 aromatic heterocycles. The van der Waals surface area contributed by atoms with Crippen LogP contribution in [0.15, 0.2) is 18.2 Å². The molecule has 0 atom stereocenters. The van der Waals surface area contributed by atoms with Crippen LogP contribution in [0.4, 0.5) is 11.4 Å². The Labute approximate surface area is 117 Å². The molecule has 3 N–H and O–H groups in total. The van der Waals surface area contributed by atoms with Gasteiger partial charge in [0.2, 0.25) is 5.91 Å². The van der Waals surface area contributed by atoms with Gasteiger partial charge in [0.25, 0.3) is 5.69 Å². The zero-order valence-corrected chi connectivity index (χ0v) is 11.5. The number of amides is 1. The topological polar surface area (TPSA) is 107 Å². The quantitative estimate of drug-likeness (QED) is 0.326. The van der Waals surface area contributed by atoms with Gasteiger partial charge in [0, 0.05) is 27.9 Å². The van der Waals surface area contributed by atoms with Gasteiger partial charge in [-0.3, -0.25) is 14.9 Å². The van der Waals surface area contributed by atoms with Gasteiger partial charge >= 0.3 is 0 Å². The van der Waals surface area contributed by atoms with Crippen LogP contribution in [0.5, 0.6) is 0 Å². The van der Waals surface area contributed by atoms with E-state index in [1.165, 1.54) is 12.1 Å². The number of nitrogens with one attached hydrogen (secondary N) is 1. The molecule has 0 aliphatic heterocycles. The zero-order valence-electron chi connectivity index (χ0n) is 9.39. The molecule has 0 aliphatic carbocycles. The molecule has 0 spiro atoms. The molecule has 1 aromatic rings. The van der Waals surface area contributed by atoms with Gasteiger partial charge in [-0.05, 0) is 28.7 Å². The van der Waals surface area contributed by atoms with Crippen molar-refractivity contribution in [2.24, 2.45) is 5.73 Å². The number of carbonyl (C=O) groups excluding carboxylic acids is 1. The highest BCUT2D eigenvalue weighted by Crippen LogP contribution is 2.23. The van der Waals surface area contributed by atoms with E-state index >= 15 is 0 Å². The molecule has 18 heavy (non-hydrogen) atoms. The maximum absolute atomic E-state index is 10.5. The molecule has 8 heteroatoms. The van der Waals surface area contributed by atoms with Crippen LogP contribution in [0, 0.1) is 13.7 Å². The molecule has 1 rings (SSSR count). The average Bonchev–Trinajstić information content (AvgIpc) is 2.29. The summed E-state index contributed by atoms with van der Waals surface area (Å²) in [6.45, 7) is 0.704. The summed E-state index contributed by atoms with van der Waals surface area (Å²) in [5.41, 5.74) is 5.74. The van der Waals surface area contributed by atoms with Crippen LogP contribution in [-0.4, -0.2) is 30.6 Å². The summed E-state index contributed by atoms with van der Waals surface area (Å²) in [7, 11) is 0. The van der Waals surface area contributed by atoms with Crippen molar-refractivity contribution in [1.29, 1.82) is 0 Å². The van der Waals surface area contributed by atoms with E-state index in [1.54, 1.807) is 6.07 Å². The molecule has 0 bridgehead atoms. The van der Waals surface area contributed by atoms with Gasteiger partial charge in [-0.1, -0.05) is 0 Å². The number of non-ortho nitro benzene ring substituents is 1. The van der Waals surface area contributed by atoms with Crippen LogP contribution < -0.4 is 11.1 Å². The van der Waals surface area contributed by atoms with E-state index in [-0.39, 0.29) is 12.3 Å². The Morgan fingerprint density at radius 3 is 2.83 bits per heavy atom. The van der Waals surface area contributed by atoms with Gasteiger partial charge < -0.3 is 15.8 Å². The number of halogens is 1. The fourth-order valence-corrected chi connectivity index (χ4v) is 1.88. The van der Waals surface area contributed by atoms with Crippen molar-refractivity contribution in [3.8, 4) is 0 Å². The number of nitro benzene ring substituents is 1. The number of carbonyl (C=O) groups is 1. The minimum Gasteiger partial charge on any atom is -0.382 e. The predicted octanol–water partition coefficient (Wildman–Crippen LogP) is 1.11. The standard InChI is InChI=1S/C10H12IN3O4/c11-8-5-7(14(16)17)1-2-9(8)13-3-4-18-6-10(12)15/h1-2,5,13H,3-4,6H2,(H2,12,15). The highest BCUT2D eigenvalue weighted by molar-refractivity contribution is 14.1. The SMILES string of the molecule is NC(=O)COCCNc1ccc([N+](=O)[O-])cc1I. The predicted molar refractivity (Wildman–Crippen MR) is 74.3 cm³/mol. The molecule has 0 unspecified atom stereocenters. The molecule has 0 heterocycles. The van der Waals surface area contributed by atoms with E-state index in [0.29, 0.717) is 13.2 Å². The van der Waals surface area contributed by atoms with E-state index in [2.05, 4.69) is 5.32 Å². The van der Waals surface area contributed by atoms with Crippen LogP contribution in [0.3, 0.4) is 0 Å². The van der Waals surface area contributed by atoms with Gasteiger partial charge in [0.05, 0.1) is 11.5 Å². The fourth-order valence-electron chi connectivity index (χ4n) is 1.19. The Morgan fingerprint density at radius 2 is 2.28 bits per heavy atom. The van der Waals surface area contributed by atoms with Crippen molar-refractivity contribution in [3.63, 3.8) is 0 Å². The lowest BCUT2D eigenvalue weighted by atomic mass is 10.3. The van der Waals surface area contributed by atoms with Gasteiger partial charge in [-0.15, -0.1) is 0 Å². The van der Waals surface area contributed by atoms with Crippen LogP contribution in [0.1, 0.15) is 0 Å². The number of nitrogens with zero attached hydrogens (tertiary/aromatic N) is 1. The van der Waals surface area contributed by atoms with Crippen molar-refractivity contribution in [1.82, 2.24) is 0 Å². The number of ether oxygens (including phenoxy) is 1. The molecule has 7 nitrogen and oxygen atoms in total. The summed E-state index contributed by atoms with van der Waals surface area (Å²) in [4.78, 5) is 20.5. The summed E-state index contributed by atoms with van der Waals surface area (Å²) >= 11 is 2.01. The lowest BCUT2D eigenvalue weighted by Crippen LogP contribution is -2.20. The third-order valence-electron chi connectivity index (χ3n) is 1.97. The number of nitro groups is 1. The second-order valence-electron chi connectivity index (χ2n) is 3.37. The number of nitrogens with two attached hydrogens (primary N) is 1. The van der Waals surface area contributed by atoms with Crippen LogP contribution in [0.2, 0.25) is 0 Å². The van der Waals surface area contributed by atoms with Crippen LogP contribution in [-0.2, 0) is 9.53 Å². The average molecular weight is 365 g/mol. The highest BCUT2D eigenvalue weighted by atomic mass is 127. The lowest BCUT2D eigenvalue weighted by Gasteiger charge is -2.08. The Kier molecular flexibility index (Phi) is 5.78. The molecule has 0 saturated carbocycles. The third-order valence-corrected chi connectivity index (χ3v) is 2.86. The second kappa shape index (κ2) is 7.11. The number of hydrogen-bond acceptors (Lipinski definition) is 5. The minimum absolute atomic E-state index is 0.0509.